The topological polar surface area (TPSA) is 59.1 Å². The van der Waals surface area contributed by atoms with Crippen LogP contribution >= 0.6 is 0 Å². The first kappa shape index (κ1) is 16.3. The summed E-state index contributed by atoms with van der Waals surface area (Å²) < 4.78 is 5.34. The molecule has 0 bridgehead atoms. The summed E-state index contributed by atoms with van der Waals surface area (Å²) in [5.74, 6) is -0.223. The fourth-order valence-corrected chi connectivity index (χ4v) is 2.51. The summed E-state index contributed by atoms with van der Waals surface area (Å²) in [5, 5.41) is 1.16. The second-order valence-corrected chi connectivity index (χ2v) is 5.26. The van der Waals surface area contributed by atoms with Gasteiger partial charge in [0.2, 0.25) is 0 Å². The molecule has 2 rings (SSSR count). The van der Waals surface area contributed by atoms with Crippen LogP contribution < -0.4 is 0 Å². The summed E-state index contributed by atoms with van der Waals surface area (Å²) >= 11 is 0. The predicted molar refractivity (Wildman–Crippen MR) is 80.8 cm³/mol. The Morgan fingerprint density at radius 1 is 1.27 bits per heavy atom. The van der Waals surface area contributed by atoms with E-state index in [9.17, 15) is 9.59 Å². The normalized spacial score (nSPS) is 17.9. The molecule has 1 aliphatic rings. The number of hydrogen-bond acceptors (Lipinski definition) is 4. The van der Waals surface area contributed by atoms with Crippen LogP contribution in [0.1, 0.15) is 24.8 Å². The highest BCUT2D eigenvalue weighted by molar-refractivity contribution is 5.85. The molecule has 0 radical (unpaired) electrons. The quantitative estimate of drug-likeness (QED) is 0.800. The number of benzene rings is 1. The van der Waals surface area contributed by atoms with Crippen molar-refractivity contribution in [2.45, 2.75) is 31.9 Å². The highest BCUT2D eigenvalue weighted by Gasteiger charge is 2.35. The van der Waals surface area contributed by atoms with Crippen molar-refractivity contribution in [3.8, 4) is 0 Å². The molecule has 1 unspecified atom stereocenters. The molecule has 1 aromatic carbocycles. The maximum Gasteiger partial charge on any atom is 0.410 e. The van der Waals surface area contributed by atoms with Crippen molar-refractivity contribution in [3.05, 3.63) is 35.9 Å². The van der Waals surface area contributed by atoms with Crippen LogP contribution in [0.3, 0.4) is 0 Å². The molecule has 1 aliphatic heterocycles. The van der Waals surface area contributed by atoms with Crippen molar-refractivity contribution in [2.24, 2.45) is 0 Å². The van der Waals surface area contributed by atoms with Crippen LogP contribution in [-0.4, -0.2) is 48.7 Å². The highest BCUT2D eigenvalue weighted by atomic mass is 16.7. The highest BCUT2D eigenvalue weighted by Crippen LogP contribution is 2.20. The number of nitrogens with zero attached hydrogens (tertiary/aromatic N) is 2. The Labute approximate surface area is 130 Å². The third-order valence-electron chi connectivity index (χ3n) is 3.81. The van der Waals surface area contributed by atoms with Crippen molar-refractivity contribution in [1.82, 2.24) is 9.96 Å². The van der Waals surface area contributed by atoms with E-state index in [1.54, 1.807) is 7.05 Å². The molecule has 1 saturated heterocycles. The Hall–Kier alpha value is -2.08. The Balaban J connectivity index is 1.97. The summed E-state index contributed by atoms with van der Waals surface area (Å²) in [6.45, 7) is 0.735. The molecule has 6 heteroatoms. The molecule has 6 nitrogen and oxygen atoms in total. The number of likely N-dealkylation sites (tertiary alicyclic amines) is 1. The lowest BCUT2D eigenvalue weighted by Crippen LogP contribution is -2.52. The van der Waals surface area contributed by atoms with Gasteiger partial charge in [0.25, 0.3) is 5.91 Å². The monoisotopic (exact) mass is 306 g/mol. The molecule has 1 heterocycles. The van der Waals surface area contributed by atoms with Gasteiger partial charge in [0, 0.05) is 13.6 Å². The predicted octanol–water partition coefficient (Wildman–Crippen LogP) is 2.20. The summed E-state index contributed by atoms with van der Waals surface area (Å²) in [6, 6.07) is 8.97. The molecule has 1 fully saturated rings. The second kappa shape index (κ2) is 7.79. The Morgan fingerprint density at radius 2 is 2.00 bits per heavy atom. The summed E-state index contributed by atoms with van der Waals surface area (Å²) in [6.07, 6.45) is 1.97. The average molecular weight is 306 g/mol. The molecule has 120 valence electrons. The number of ether oxygens (including phenoxy) is 1. The lowest BCUT2D eigenvalue weighted by molar-refractivity contribution is -0.175. The number of piperidine rings is 1. The van der Waals surface area contributed by atoms with E-state index in [2.05, 4.69) is 0 Å². The van der Waals surface area contributed by atoms with E-state index in [0.717, 1.165) is 23.5 Å². The molecule has 1 atom stereocenters. The molecule has 0 aliphatic carbocycles. The van der Waals surface area contributed by atoms with E-state index >= 15 is 0 Å². The van der Waals surface area contributed by atoms with Crippen molar-refractivity contribution in [3.63, 3.8) is 0 Å². The third kappa shape index (κ3) is 3.98. The minimum absolute atomic E-state index is 0.206. The van der Waals surface area contributed by atoms with Crippen LogP contribution in [0, 0.1) is 0 Å². The Bertz CT molecular complexity index is 506. The molecule has 22 heavy (non-hydrogen) atoms. The van der Waals surface area contributed by atoms with Gasteiger partial charge in [-0.3, -0.25) is 14.5 Å². The first-order chi connectivity index (χ1) is 10.6. The van der Waals surface area contributed by atoms with E-state index < -0.39 is 12.1 Å². The van der Waals surface area contributed by atoms with Gasteiger partial charge in [-0.1, -0.05) is 30.3 Å². The number of hydroxylamine groups is 2. The minimum Gasteiger partial charge on any atom is -0.445 e. The van der Waals surface area contributed by atoms with Crippen LogP contribution in [0.15, 0.2) is 30.3 Å². The van der Waals surface area contributed by atoms with Gasteiger partial charge in [-0.05, 0) is 24.8 Å². The summed E-state index contributed by atoms with van der Waals surface area (Å²) in [4.78, 5) is 31.0. The lowest BCUT2D eigenvalue weighted by atomic mass is 10.0. The van der Waals surface area contributed by atoms with Crippen LogP contribution in [-0.2, 0) is 21.0 Å². The lowest BCUT2D eigenvalue weighted by Gasteiger charge is -2.35. The van der Waals surface area contributed by atoms with E-state index in [-0.39, 0.29) is 12.5 Å². The van der Waals surface area contributed by atoms with Gasteiger partial charge in [0.1, 0.15) is 12.6 Å². The van der Waals surface area contributed by atoms with Crippen molar-refractivity contribution in [1.29, 1.82) is 0 Å². The number of carbonyl (C=O) groups excluding carboxylic acids is 2. The third-order valence-corrected chi connectivity index (χ3v) is 3.81. The standard InChI is InChI=1S/C16H22N2O4/c1-17(21-2)15(19)14-10-6-7-11-18(14)16(20)22-12-13-8-4-3-5-9-13/h3-5,8-9,14H,6-7,10-12H2,1-2H3. The number of carbonyl (C=O) groups is 2. The first-order valence-electron chi connectivity index (χ1n) is 7.42. The Kier molecular flexibility index (Phi) is 5.77. The van der Waals surface area contributed by atoms with Crippen LogP contribution in [0.2, 0.25) is 0 Å². The zero-order valence-corrected chi connectivity index (χ0v) is 13.0. The molecule has 1 aromatic rings. The van der Waals surface area contributed by atoms with Crippen LogP contribution in [0.4, 0.5) is 4.79 Å². The molecule has 0 aromatic heterocycles. The molecule has 0 spiro atoms. The van der Waals surface area contributed by atoms with Gasteiger partial charge >= 0.3 is 6.09 Å². The zero-order valence-electron chi connectivity index (χ0n) is 13.0. The summed E-state index contributed by atoms with van der Waals surface area (Å²) in [7, 11) is 2.98. The van der Waals surface area contributed by atoms with Crippen molar-refractivity contribution < 1.29 is 19.2 Å². The maximum absolute atomic E-state index is 12.3. The first-order valence-corrected chi connectivity index (χ1v) is 7.42. The molecule has 0 N–H and O–H groups in total. The molecule has 0 saturated carbocycles. The van der Waals surface area contributed by atoms with Gasteiger partial charge in [-0.15, -0.1) is 0 Å². The number of amides is 2. The molecular weight excluding hydrogens is 284 g/mol. The minimum atomic E-state index is -0.512. The van der Waals surface area contributed by atoms with Gasteiger partial charge in [0.15, 0.2) is 0 Å². The smallest absolute Gasteiger partial charge is 0.410 e. The van der Waals surface area contributed by atoms with E-state index in [0.29, 0.717) is 13.0 Å². The van der Waals surface area contributed by atoms with Gasteiger partial charge in [-0.25, -0.2) is 9.86 Å². The average Bonchev–Trinajstić information content (AvgIpc) is 2.59. The fraction of sp³-hybridized carbons (Fsp3) is 0.500. The van der Waals surface area contributed by atoms with E-state index in [1.165, 1.54) is 12.0 Å². The van der Waals surface area contributed by atoms with Gasteiger partial charge in [0.05, 0.1) is 7.11 Å². The SMILES string of the molecule is CON(C)C(=O)C1CCCCN1C(=O)OCc1ccccc1. The van der Waals surface area contributed by atoms with E-state index in [1.807, 2.05) is 30.3 Å². The van der Waals surface area contributed by atoms with Crippen molar-refractivity contribution >= 4 is 12.0 Å². The van der Waals surface area contributed by atoms with Crippen LogP contribution in [0.5, 0.6) is 0 Å². The van der Waals surface area contributed by atoms with Gasteiger partial charge < -0.3 is 4.74 Å². The maximum atomic E-state index is 12.3. The fourth-order valence-electron chi connectivity index (χ4n) is 2.51. The van der Waals surface area contributed by atoms with Crippen molar-refractivity contribution in [2.75, 3.05) is 20.7 Å². The summed E-state index contributed by atoms with van der Waals surface area (Å²) in [5.41, 5.74) is 0.921. The van der Waals surface area contributed by atoms with E-state index in [4.69, 9.17) is 9.57 Å². The molecule has 2 amide bonds. The Morgan fingerprint density at radius 3 is 2.68 bits per heavy atom. The number of hydrogen-bond donors (Lipinski definition) is 0. The molecular formula is C16H22N2O4. The van der Waals surface area contributed by atoms with Gasteiger partial charge in [-0.2, -0.15) is 0 Å². The second-order valence-electron chi connectivity index (χ2n) is 5.26. The largest absolute Gasteiger partial charge is 0.445 e. The number of likely N-dealkylation sites (N-methyl/N-ethyl adjacent to an activating group) is 1. The zero-order chi connectivity index (χ0) is 15.9. The van der Waals surface area contributed by atoms with Crippen LogP contribution in [0.25, 0.3) is 0 Å². The number of rotatable bonds is 4.